The monoisotopic (exact) mass is 635 g/mol. The molecular formula is C31H31F6N5O3. The highest BCUT2D eigenvalue weighted by Crippen LogP contribution is 2.43. The highest BCUT2D eigenvalue weighted by molar-refractivity contribution is 6.03. The van der Waals surface area contributed by atoms with Gasteiger partial charge in [-0.2, -0.15) is 23.1 Å². The van der Waals surface area contributed by atoms with Crippen molar-refractivity contribution in [2.24, 2.45) is 0 Å². The van der Waals surface area contributed by atoms with Crippen molar-refractivity contribution in [3.8, 4) is 28.9 Å². The van der Waals surface area contributed by atoms with Crippen LogP contribution in [0.1, 0.15) is 31.7 Å². The standard InChI is InChI=1S/C24H19F5N4O3.C7H12FN/c1-3-13-15(25)5-4-11-8-12(34)9-14(16(11)13)19-18(26)20-17-21(32-23(31-20)35-2)33(10-24(27,28)29)6-7-36-22(17)30-19;8-6-4-7-2-1-3-9(7)5-6/h4-5,8-9,34H,3,6-7,10H2,1-2H3;6-7H,1-5H2. The second kappa shape index (κ2) is 12.0. The van der Waals surface area contributed by atoms with Crippen LogP contribution in [-0.4, -0.2) is 83.2 Å². The van der Waals surface area contributed by atoms with Crippen molar-refractivity contribution in [2.45, 2.75) is 51.0 Å². The number of methoxy groups -OCH3 is 1. The molecule has 0 saturated carbocycles. The van der Waals surface area contributed by atoms with Gasteiger partial charge in [-0.1, -0.05) is 13.0 Å². The fourth-order valence-corrected chi connectivity index (χ4v) is 6.49. The zero-order valence-corrected chi connectivity index (χ0v) is 24.6. The Kier molecular flexibility index (Phi) is 8.27. The number of phenols is 1. The number of alkyl halides is 4. The van der Waals surface area contributed by atoms with E-state index in [0.717, 1.165) is 17.9 Å². The van der Waals surface area contributed by atoms with Crippen LogP contribution in [0.15, 0.2) is 24.3 Å². The second-order valence-electron chi connectivity index (χ2n) is 11.3. The van der Waals surface area contributed by atoms with E-state index in [1.165, 1.54) is 44.2 Å². The number of fused-ring (bicyclic) bond motifs is 2. The molecule has 2 aromatic carbocycles. The lowest BCUT2D eigenvalue weighted by Crippen LogP contribution is -2.37. The Morgan fingerprint density at radius 2 is 1.89 bits per heavy atom. The van der Waals surface area contributed by atoms with Crippen LogP contribution in [-0.2, 0) is 6.42 Å². The third kappa shape index (κ3) is 5.99. The SMILES string of the molecule is CCc1c(F)ccc2cc(O)cc(-c3nc4c5c(nc(OC)nc5c3F)N(CC(F)(F)F)CCO4)c12.FC1CC2CCCN2C1. The first-order chi connectivity index (χ1) is 21.5. The van der Waals surface area contributed by atoms with E-state index in [2.05, 4.69) is 19.9 Å². The number of anilines is 1. The van der Waals surface area contributed by atoms with Gasteiger partial charge >= 0.3 is 12.2 Å². The molecule has 0 radical (unpaired) electrons. The summed E-state index contributed by atoms with van der Waals surface area (Å²) in [5.41, 5.74) is -0.324. The molecule has 4 aromatic rings. The molecular weight excluding hydrogens is 604 g/mol. The van der Waals surface area contributed by atoms with E-state index < -0.39 is 30.5 Å². The highest BCUT2D eigenvalue weighted by atomic mass is 19.4. The van der Waals surface area contributed by atoms with Crippen LogP contribution < -0.4 is 14.4 Å². The number of phenolic OH excluding ortho intramolecular Hbond substituents is 1. The van der Waals surface area contributed by atoms with Crippen LogP contribution in [0, 0.1) is 11.6 Å². The number of halogens is 6. The van der Waals surface area contributed by atoms with Gasteiger partial charge in [0.05, 0.1) is 13.7 Å². The molecule has 2 saturated heterocycles. The first-order valence-corrected chi connectivity index (χ1v) is 14.7. The van der Waals surface area contributed by atoms with Gasteiger partial charge in [-0.15, -0.1) is 0 Å². The van der Waals surface area contributed by atoms with Gasteiger partial charge in [-0.3, -0.25) is 4.90 Å². The number of hydrogen-bond donors (Lipinski definition) is 1. The lowest BCUT2D eigenvalue weighted by molar-refractivity contribution is -0.119. The number of ether oxygens (including phenoxy) is 2. The largest absolute Gasteiger partial charge is 0.508 e. The number of benzene rings is 2. The van der Waals surface area contributed by atoms with Crippen LogP contribution in [0.5, 0.6) is 17.6 Å². The van der Waals surface area contributed by atoms with Gasteiger partial charge in [-0.25, -0.2) is 18.2 Å². The zero-order chi connectivity index (χ0) is 32.0. The Labute approximate surface area is 254 Å². The van der Waals surface area contributed by atoms with Gasteiger partial charge in [0, 0.05) is 18.2 Å². The fraction of sp³-hybridized carbons (Fsp3) is 0.452. The average Bonchev–Trinajstić information content (AvgIpc) is 3.52. The van der Waals surface area contributed by atoms with Crippen molar-refractivity contribution in [3.63, 3.8) is 0 Å². The number of pyridine rings is 1. The quantitative estimate of drug-likeness (QED) is 0.260. The van der Waals surface area contributed by atoms with Crippen molar-refractivity contribution >= 4 is 27.5 Å². The van der Waals surface area contributed by atoms with Crippen LogP contribution in [0.25, 0.3) is 32.9 Å². The summed E-state index contributed by atoms with van der Waals surface area (Å²) in [5.74, 6) is -2.15. The molecule has 2 aromatic heterocycles. The number of rotatable bonds is 4. The predicted octanol–water partition coefficient (Wildman–Crippen LogP) is 6.35. The van der Waals surface area contributed by atoms with E-state index in [4.69, 9.17) is 9.47 Å². The molecule has 3 aliphatic heterocycles. The van der Waals surface area contributed by atoms with E-state index in [1.54, 1.807) is 6.92 Å². The normalized spacial score (nSPS) is 19.7. The predicted molar refractivity (Wildman–Crippen MR) is 156 cm³/mol. The van der Waals surface area contributed by atoms with Crippen molar-refractivity contribution in [3.05, 3.63) is 41.5 Å². The van der Waals surface area contributed by atoms with Crippen LogP contribution in [0.2, 0.25) is 0 Å². The van der Waals surface area contributed by atoms with Crippen LogP contribution in [0.4, 0.5) is 32.2 Å². The van der Waals surface area contributed by atoms with Gasteiger partial charge < -0.3 is 19.5 Å². The number of aromatic nitrogens is 3. The Morgan fingerprint density at radius 1 is 1.09 bits per heavy atom. The molecule has 3 aliphatic rings. The van der Waals surface area contributed by atoms with Gasteiger partial charge in [0.1, 0.15) is 53.3 Å². The highest BCUT2D eigenvalue weighted by Gasteiger charge is 2.36. The second-order valence-corrected chi connectivity index (χ2v) is 11.3. The lowest BCUT2D eigenvalue weighted by atomic mass is 9.94. The fourth-order valence-electron chi connectivity index (χ4n) is 6.49. The Bertz CT molecular complexity index is 1740. The minimum absolute atomic E-state index is 0.0797. The molecule has 1 N–H and O–H groups in total. The van der Waals surface area contributed by atoms with Crippen LogP contribution in [0.3, 0.4) is 0 Å². The smallest absolute Gasteiger partial charge is 0.405 e. The summed E-state index contributed by atoms with van der Waals surface area (Å²) in [6, 6.07) is 5.63. The van der Waals surface area contributed by atoms with Gasteiger partial charge in [0.2, 0.25) is 5.88 Å². The number of nitrogens with zero attached hydrogens (tertiary/aromatic N) is 5. The van der Waals surface area contributed by atoms with Crippen molar-refractivity contribution < 1.29 is 40.9 Å². The van der Waals surface area contributed by atoms with E-state index in [0.29, 0.717) is 23.4 Å². The molecule has 8 nitrogen and oxygen atoms in total. The van der Waals surface area contributed by atoms with Gasteiger partial charge in [0.15, 0.2) is 5.82 Å². The third-order valence-corrected chi connectivity index (χ3v) is 8.39. The Balaban J connectivity index is 0.000000337. The molecule has 2 atom stereocenters. The minimum Gasteiger partial charge on any atom is -0.508 e. The lowest BCUT2D eigenvalue weighted by Gasteiger charge is -2.23. The summed E-state index contributed by atoms with van der Waals surface area (Å²) in [4.78, 5) is 15.6. The molecule has 5 heterocycles. The number of aromatic hydroxyl groups is 1. The third-order valence-electron chi connectivity index (χ3n) is 8.39. The molecule has 240 valence electrons. The summed E-state index contributed by atoms with van der Waals surface area (Å²) in [6.07, 6.45) is -1.48. The first-order valence-electron chi connectivity index (χ1n) is 14.7. The molecule has 0 aliphatic carbocycles. The van der Waals surface area contributed by atoms with Crippen molar-refractivity contribution in [1.29, 1.82) is 0 Å². The Morgan fingerprint density at radius 3 is 2.60 bits per heavy atom. The van der Waals surface area contributed by atoms with E-state index in [-0.39, 0.29) is 70.8 Å². The summed E-state index contributed by atoms with van der Waals surface area (Å²) in [7, 11) is 1.20. The summed E-state index contributed by atoms with van der Waals surface area (Å²) in [6.45, 7) is 1.83. The molecule has 2 unspecified atom stereocenters. The van der Waals surface area contributed by atoms with E-state index in [1.807, 2.05) is 0 Å². The molecule has 0 amide bonds. The van der Waals surface area contributed by atoms with Gasteiger partial charge in [-0.05, 0) is 66.8 Å². The van der Waals surface area contributed by atoms with Gasteiger partial charge in [0.25, 0.3) is 0 Å². The Hall–Kier alpha value is -4.07. The topological polar surface area (TPSA) is 83.8 Å². The average molecular weight is 636 g/mol. The molecule has 45 heavy (non-hydrogen) atoms. The van der Waals surface area contributed by atoms with E-state index in [9.17, 15) is 27.1 Å². The van der Waals surface area contributed by atoms with Crippen LogP contribution >= 0.6 is 0 Å². The first kappa shape index (κ1) is 30.9. The zero-order valence-electron chi connectivity index (χ0n) is 24.6. The molecule has 0 bridgehead atoms. The summed E-state index contributed by atoms with van der Waals surface area (Å²) in [5, 5.41) is 11.0. The minimum atomic E-state index is -4.57. The maximum Gasteiger partial charge on any atom is 0.405 e. The molecule has 14 heteroatoms. The molecule has 0 spiro atoms. The molecule has 2 fully saturated rings. The van der Waals surface area contributed by atoms with Crippen molar-refractivity contribution in [1.82, 2.24) is 19.9 Å². The van der Waals surface area contributed by atoms with E-state index >= 15 is 4.39 Å². The summed E-state index contributed by atoms with van der Waals surface area (Å²) >= 11 is 0. The van der Waals surface area contributed by atoms with Crippen molar-refractivity contribution in [2.75, 3.05) is 44.8 Å². The maximum atomic E-state index is 16.1. The maximum absolute atomic E-state index is 16.1. The summed E-state index contributed by atoms with van der Waals surface area (Å²) < 4.78 is 93.9. The molecule has 7 rings (SSSR count). The number of hydrogen-bond acceptors (Lipinski definition) is 8. The number of aryl methyl sites for hydroxylation is 1.